The van der Waals surface area contributed by atoms with Crippen LogP contribution in [0.3, 0.4) is 0 Å². The molecule has 0 aliphatic carbocycles. The number of halogens is 1. The van der Waals surface area contributed by atoms with Crippen molar-refractivity contribution in [2.24, 2.45) is 5.10 Å². The fourth-order valence-corrected chi connectivity index (χ4v) is 3.18. The van der Waals surface area contributed by atoms with E-state index in [0.29, 0.717) is 5.56 Å². The highest BCUT2D eigenvalue weighted by atomic mass is 32.2. The fraction of sp³-hybridized carbons (Fsp3) is 0. The van der Waals surface area contributed by atoms with E-state index in [4.69, 9.17) is 4.18 Å². The Labute approximate surface area is 161 Å². The van der Waals surface area contributed by atoms with E-state index >= 15 is 0 Å². The van der Waals surface area contributed by atoms with Gasteiger partial charge in [-0.05, 0) is 60.2 Å². The molecule has 1 N–H and O–H groups in total. The van der Waals surface area contributed by atoms with Crippen LogP contribution in [-0.4, -0.2) is 20.5 Å². The third-order valence-corrected chi connectivity index (χ3v) is 4.85. The highest BCUT2D eigenvalue weighted by Gasteiger charge is 2.15. The van der Waals surface area contributed by atoms with Gasteiger partial charge in [-0.1, -0.05) is 24.3 Å². The monoisotopic (exact) mass is 398 g/mol. The average Bonchev–Trinajstić information content (AvgIpc) is 2.70. The number of nitrogens with one attached hydrogen (secondary N) is 1. The number of amides is 1. The Morgan fingerprint density at radius 3 is 2.36 bits per heavy atom. The van der Waals surface area contributed by atoms with Crippen molar-refractivity contribution in [1.82, 2.24) is 5.43 Å². The molecule has 6 nitrogen and oxygen atoms in total. The second kappa shape index (κ2) is 8.45. The van der Waals surface area contributed by atoms with Gasteiger partial charge in [-0.25, -0.2) is 9.82 Å². The largest absolute Gasteiger partial charge is 0.379 e. The van der Waals surface area contributed by atoms with Crippen molar-refractivity contribution in [1.29, 1.82) is 0 Å². The molecule has 0 fully saturated rings. The van der Waals surface area contributed by atoms with E-state index in [9.17, 15) is 17.6 Å². The van der Waals surface area contributed by atoms with Gasteiger partial charge in [-0.15, -0.1) is 0 Å². The van der Waals surface area contributed by atoms with Gasteiger partial charge in [0, 0.05) is 5.56 Å². The normalized spacial score (nSPS) is 11.3. The predicted octanol–water partition coefficient (Wildman–Crippen LogP) is 3.36. The van der Waals surface area contributed by atoms with Crippen LogP contribution in [0.2, 0.25) is 0 Å². The van der Waals surface area contributed by atoms with Crippen LogP contribution in [0, 0.1) is 5.82 Å². The molecule has 3 aromatic carbocycles. The van der Waals surface area contributed by atoms with E-state index in [2.05, 4.69) is 10.5 Å². The van der Waals surface area contributed by atoms with Gasteiger partial charge < -0.3 is 4.18 Å². The molecule has 1 amide bonds. The lowest BCUT2D eigenvalue weighted by molar-refractivity contribution is 0.0954. The zero-order valence-electron chi connectivity index (χ0n) is 14.4. The Morgan fingerprint density at radius 1 is 0.964 bits per heavy atom. The van der Waals surface area contributed by atoms with Crippen molar-refractivity contribution in [2.75, 3.05) is 0 Å². The molecule has 0 aliphatic rings. The summed E-state index contributed by atoms with van der Waals surface area (Å²) < 4.78 is 42.5. The molecule has 8 heteroatoms. The van der Waals surface area contributed by atoms with Crippen LogP contribution < -0.4 is 9.61 Å². The number of hydrazone groups is 1. The lowest BCUT2D eigenvalue weighted by Gasteiger charge is -2.07. The van der Waals surface area contributed by atoms with Crippen LogP contribution in [0.5, 0.6) is 5.75 Å². The first kappa shape index (κ1) is 19.2. The molecular weight excluding hydrogens is 383 g/mol. The van der Waals surface area contributed by atoms with E-state index in [1.54, 1.807) is 30.3 Å². The third kappa shape index (κ3) is 5.01. The number of carbonyl (C=O) groups excluding carboxylic acids is 1. The molecule has 28 heavy (non-hydrogen) atoms. The highest BCUT2D eigenvalue weighted by Crippen LogP contribution is 2.18. The number of hydrogen-bond acceptors (Lipinski definition) is 5. The number of carbonyl (C=O) groups is 1. The molecule has 0 saturated carbocycles. The average molecular weight is 398 g/mol. The van der Waals surface area contributed by atoms with E-state index in [0.717, 1.165) is 6.07 Å². The summed E-state index contributed by atoms with van der Waals surface area (Å²) in [5.74, 6) is -0.924. The minimum Gasteiger partial charge on any atom is -0.379 e. The summed E-state index contributed by atoms with van der Waals surface area (Å²) in [6.45, 7) is 0. The van der Waals surface area contributed by atoms with E-state index in [-0.39, 0.29) is 16.2 Å². The first-order chi connectivity index (χ1) is 13.4. The first-order valence-electron chi connectivity index (χ1n) is 8.13. The number of rotatable bonds is 6. The van der Waals surface area contributed by atoms with Crippen LogP contribution in [0.1, 0.15) is 15.9 Å². The number of hydrogen-bond donors (Lipinski definition) is 1. The maximum Gasteiger partial charge on any atom is 0.339 e. The van der Waals surface area contributed by atoms with Crippen molar-refractivity contribution in [3.63, 3.8) is 0 Å². The second-order valence-corrected chi connectivity index (χ2v) is 7.18. The Hall–Kier alpha value is -3.52. The van der Waals surface area contributed by atoms with Crippen LogP contribution in [0.15, 0.2) is 88.9 Å². The summed E-state index contributed by atoms with van der Waals surface area (Å²) in [4.78, 5) is 11.9. The molecule has 0 heterocycles. The van der Waals surface area contributed by atoms with Crippen molar-refractivity contribution in [2.45, 2.75) is 4.90 Å². The van der Waals surface area contributed by atoms with Gasteiger partial charge in [0.05, 0.1) is 6.21 Å². The zero-order chi connectivity index (χ0) is 20.0. The van der Waals surface area contributed by atoms with Gasteiger partial charge in [-0.2, -0.15) is 13.5 Å². The van der Waals surface area contributed by atoms with Gasteiger partial charge in [0.2, 0.25) is 0 Å². The Bertz CT molecular complexity index is 1100. The molecule has 0 aliphatic heterocycles. The highest BCUT2D eigenvalue weighted by molar-refractivity contribution is 7.87. The molecular formula is C20H15FN2O4S. The zero-order valence-corrected chi connectivity index (χ0v) is 15.3. The van der Waals surface area contributed by atoms with Gasteiger partial charge >= 0.3 is 10.1 Å². The topological polar surface area (TPSA) is 84.8 Å². The third-order valence-electron chi connectivity index (χ3n) is 3.58. The first-order valence-corrected chi connectivity index (χ1v) is 9.53. The molecule has 0 atom stereocenters. The van der Waals surface area contributed by atoms with E-state index < -0.39 is 21.8 Å². The van der Waals surface area contributed by atoms with Crippen LogP contribution in [-0.2, 0) is 10.1 Å². The lowest BCUT2D eigenvalue weighted by atomic mass is 10.2. The van der Waals surface area contributed by atoms with Gasteiger partial charge in [0.25, 0.3) is 5.91 Å². The fourth-order valence-electron chi connectivity index (χ4n) is 2.23. The molecule has 0 unspecified atom stereocenters. The SMILES string of the molecule is O=C(N/N=C\c1ccc(OS(=O)(=O)c2ccccc2)cc1)c1cccc(F)c1. The molecule has 0 radical (unpaired) electrons. The van der Waals surface area contributed by atoms with Gasteiger partial charge in [0.15, 0.2) is 0 Å². The smallest absolute Gasteiger partial charge is 0.339 e. The van der Waals surface area contributed by atoms with Gasteiger partial charge in [0.1, 0.15) is 16.5 Å². The summed E-state index contributed by atoms with van der Waals surface area (Å²) in [5.41, 5.74) is 3.03. The van der Waals surface area contributed by atoms with Gasteiger partial charge in [-0.3, -0.25) is 4.79 Å². The van der Waals surface area contributed by atoms with Crippen molar-refractivity contribution >= 4 is 22.2 Å². The van der Waals surface area contributed by atoms with E-state index in [1.165, 1.54) is 48.7 Å². The maximum atomic E-state index is 13.1. The molecule has 3 rings (SSSR count). The minimum atomic E-state index is -3.91. The Kier molecular flexibility index (Phi) is 5.81. The van der Waals surface area contributed by atoms with Crippen molar-refractivity contribution in [3.05, 3.63) is 95.8 Å². The standard InChI is InChI=1S/C20H15FN2O4S/c21-17-6-4-5-16(13-17)20(24)23-22-14-15-9-11-18(12-10-15)27-28(25,26)19-7-2-1-3-8-19/h1-14H,(H,23,24)/b22-14-. The molecule has 3 aromatic rings. The maximum absolute atomic E-state index is 13.1. The summed E-state index contributed by atoms with van der Waals surface area (Å²) in [5, 5.41) is 3.79. The Balaban J connectivity index is 1.61. The van der Waals surface area contributed by atoms with Crippen LogP contribution in [0.4, 0.5) is 4.39 Å². The Morgan fingerprint density at radius 2 is 1.68 bits per heavy atom. The molecule has 0 bridgehead atoms. The summed E-state index contributed by atoms with van der Waals surface area (Å²) >= 11 is 0. The van der Waals surface area contributed by atoms with E-state index in [1.807, 2.05) is 0 Å². The lowest BCUT2D eigenvalue weighted by Crippen LogP contribution is -2.17. The van der Waals surface area contributed by atoms with Crippen molar-refractivity contribution < 1.29 is 21.8 Å². The quantitative estimate of drug-likeness (QED) is 0.392. The minimum absolute atomic E-state index is 0.0562. The number of benzene rings is 3. The molecule has 0 aromatic heterocycles. The summed E-state index contributed by atoms with van der Waals surface area (Å²) in [6, 6.07) is 19.1. The molecule has 0 spiro atoms. The van der Waals surface area contributed by atoms with Crippen LogP contribution >= 0.6 is 0 Å². The van der Waals surface area contributed by atoms with Crippen molar-refractivity contribution in [3.8, 4) is 5.75 Å². The molecule has 0 saturated heterocycles. The summed E-state index contributed by atoms with van der Waals surface area (Å²) in [7, 11) is -3.91. The predicted molar refractivity (Wildman–Crippen MR) is 102 cm³/mol. The summed E-state index contributed by atoms with van der Waals surface area (Å²) in [6.07, 6.45) is 1.37. The molecule has 142 valence electrons. The number of nitrogens with zero attached hydrogens (tertiary/aromatic N) is 1. The van der Waals surface area contributed by atoms with Crippen LogP contribution in [0.25, 0.3) is 0 Å². The second-order valence-electron chi connectivity index (χ2n) is 5.63.